The molecule has 2 aromatic rings. The van der Waals surface area contributed by atoms with Crippen LogP contribution in [0.2, 0.25) is 0 Å². The number of ether oxygens (including phenoxy) is 3. The number of aromatic nitrogens is 2. The van der Waals surface area contributed by atoms with Gasteiger partial charge < -0.3 is 30.5 Å². The molecule has 14 nitrogen and oxygen atoms in total. The molecule has 4 heterocycles. The van der Waals surface area contributed by atoms with Gasteiger partial charge in [-0.3, -0.25) is 19.5 Å². The smallest absolute Gasteiger partial charge is 0.457 e. The molecule has 2 amide bonds. The molecule has 16 heteroatoms. The summed E-state index contributed by atoms with van der Waals surface area (Å²) in [5.41, 5.74) is 6.56. The number of thiazole rings is 1. The van der Waals surface area contributed by atoms with Crippen molar-refractivity contribution in [3.05, 3.63) is 58.5 Å². The molecule has 2 aromatic heterocycles. The normalized spacial score (nSPS) is 18.2. The number of β-lactam (4-membered cyclic amide) rings is 1. The number of amides is 2. The van der Waals surface area contributed by atoms with E-state index in [2.05, 4.69) is 34.3 Å². The number of thioether (sulfide) groups is 1. The van der Waals surface area contributed by atoms with Crippen molar-refractivity contribution in [2.45, 2.75) is 38.1 Å². The number of fused-ring (bicyclic) bond motifs is 1. The van der Waals surface area contributed by atoms with Gasteiger partial charge in [-0.2, -0.15) is 0 Å². The second-order valence-corrected chi connectivity index (χ2v) is 12.0. The number of pyridine rings is 1. The van der Waals surface area contributed by atoms with Crippen molar-refractivity contribution in [2.75, 3.05) is 31.3 Å². The van der Waals surface area contributed by atoms with Crippen molar-refractivity contribution < 1.29 is 38.6 Å². The fourth-order valence-corrected chi connectivity index (χ4v) is 6.13. The van der Waals surface area contributed by atoms with Crippen LogP contribution in [0.4, 0.5) is 9.93 Å². The number of carbonyl (C=O) groups excluding carboxylic acids is 4. The van der Waals surface area contributed by atoms with Crippen LogP contribution in [-0.4, -0.2) is 86.7 Å². The highest BCUT2D eigenvalue weighted by atomic mass is 32.2. The molecular weight excluding hydrogens is 612 g/mol. The van der Waals surface area contributed by atoms with E-state index in [0.717, 1.165) is 23.3 Å². The van der Waals surface area contributed by atoms with E-state index >= 15 is 0 Å². The first-order valence-electron chi connectivity index (χ1n) is 13.7. The Labute approximate surface area is 261 Å². The van der Waals surface area contributed by atoms with Crippen molar-refractivity contribution in [1.29, 1.82) is 0 Å². The van der Waals surface area contributed by atoms with Gasteiger partial charge in [0.2, 0.25) is 0 Å². The molecule has 0 unspecified atom stereocenters. The Morgan fingerprint density at radius 1 is 1.23 bits per heavy atom. The molecule has 4 rings (SSSR count). The van der Waals surface area contributed by atoms with Crippen LogP contribution in [0.3, 0.4) is 0 Å². The Morgan fingerprint density at radius 3 is 2.68 bits per heavy atom. The summed E-state index contributed by atoms with van der Waals surface area (Å²) >= 11 is 2.39. The third-order valence-corrected chi connectivity index (χ3v) is 8.38. The van der Waals surface area contributed by atoms with Gasteiger partial charge in [0.1, 0.15) is 36.0 Å². The van der Waals surface area contributed by atoms with Crippen LogP contribution in [0, 0.1) is 5.92 Å². The number of nitrogen functional groups attached to an aromatic ring is 1. The summed E-state index contributed by atoms with van der Waals surface area (Å²) in [6, 6.07) is 2.58. The molecule has 234 valence electrons. The molecule has 1 fully saturated rings. The van der Waals surface area contributed by atoms with E-state index < -0.39 is 41.1 Å². The summed E-state index contributed by atoms with van der Waals surface area (Å²) in [5, 5.41) is 16.0. The van der Waals surface area contributed by atoms with Gasteiger partial charge in [-0.05, 0) is 36.0 Å². The highest BCUT2D eigenvalue weighted by Crippen LogP contribution is 2.41. The summed E-state index contributed by atoms with van der Waals surface area (Å²) in [4.78, 5) is 60.5. The first-order chi connectivity index (χ1) is 21.2. The molecule has 0 bridgehead atoms. The lowest BCUT2D eigenvalue weighted by atomic mass is 10.0. The van der Waals surface area contributed by atoms with Crippen molar-refractivity contribution in [1.82, 2.24) is 20.2 Å². The van der Waals surface area contributed by atoms with Crippen molar-refractivity contribution in [2.24, 2.45) is 11.1 Å². The third kappa shape index (κ3) is 8.13. The molecule has 0 aliphatic carbocycles. The number of allylic oxidation sites excluding steroid dienone is 1. The first kappa shape index (κ1) is 32.5. The molecule has 0 saturated carbocycles. The number of hydrogen-bond acceptors (Lipinski definition) is 14. The van der Waals surface area contributed by atoms with E-state index in [1.54, 1.807) is 30.6 Å². The predicted octanol–water partition coefficient (Wildman–Crippen LogP) is 2.80. The minimum Gasteiger partial charge on any atom is -0.457 e. The number of rotatable bonds is 13. The van der Waals surface area contributed by atoms with E-state index in [-0.39, 0.29) is 36.3 Å². The fourth-order valence-electron chi connectivity index (χ4n) is 4.27. The van der Waals surface area contributed by atoms with Crippen LogP contribution in [0.1, 0.15) is 37.9 Å². The maximum Gasteiger partial charge on any atom is 0.508 e. The van der Waals surface area contributed by atoms with E-state index in [0.29, 0.717) is 23.7 Å². The molecular formula is C28H32N6O8S2. The highest BCUT2D eigenvalue weighted by molar-refractivity contribution is 8.00. The molecule has 0 spiro atoms. The van der Waals surface area contributed by atoms with Crippen LogP contribution in [-0.2, 0) is 28.6 Å². The topological polar surface area (TPSA) is 196 Å². The molecule has 2 aliphatic heterocycles. The maximum atomic E-state index is 13.3. The first-order valence-corrected chi connectivity index (χ1v) is 15.6. The lowest BCUT2D eigenvalue weighted by molar-refractivity contribution is -0.153. The molecule has 4 N–H and O–H groups in total. The quantitative estimate of drug-likeness (QED) is 0.0721. The summed E-state index contributed by atoms with van der Waals surface area (Å²) in [7, 11) is 0. The van der Waals surface area contributed by atoms with Crippen molar-refractivity contribution >= 4 is 64.0 Å². The Balaban J connectivity index is 1.42. The van der Waals surface area contributed by atoms with Gasteiger partial charge in [-0.25, -0.2) is 14.6 Å². The number of carbonyl (C=O) groups is 4. The minimum absolute atomic E-state index is 0.00368. The van der Waals surface area contributed by atoms with Gasteiger partial charge in [0, 0.05) is 23.5 Å². The summed E-state index contributed by atoms with van der Waals surface area (Å²) in [5.74, 6) is -1.40. The second kappa shape index (κ2) is 15.3. The van der Waals surface area contributed by atoms with Crippen LogP contribution in [0.25, 0.3) is 6.08 Å². The maximum absolute atomic E-state index is 13.3. The van der Waals surface area contributed by atoms with E-state index in [1.165, 1.54) is 22.0 Å². The average molecular weight is 645 g/mol. The molecule has 1 saturated heterocycles. The van der Waals surface area contributed by atoms with Crippen LogP contribution < -0.4 is 11.1 Å². The fraction of sp³-hybridized carbons (Fsp3) is 0.393. The van der Waals surface area contributed by atoms with Crippen LogP contribution >= 0.6 is 23.1 Å². The highest BCUT2D eigenvalue weighted by Gasteiger charge is 2.54. The zero-order chi connectivity index (χ0) is 31.6. The minimum atomic E-state index is -1.01. The van der Waals surface area contributed by atoms with Gasteiger partial charge in [0.05, 0.1) is 6.61 Å². The lowest BCUT2D eigenvalue weighted by Crippen LogP contribution is -2.71. The Hall–Kier alpha value is -4.44. The molecule has 2 aliphatic rings. The number of nitrogens with one attached hydrogen (secondary N) is 1. The van der Waals surface area contributed by atoms with E-state index in [1.807, 2.05) is 6.07 Å². The molecule has 0 radical (unpaired) electrons. The van der Waals surface area contributed by atoms with Crippen molar-refractivity contribution in [3.8, 4) is 0 Å². The average Bonchev–Trinajstić information content (AvgIpc) is 3.44. The molecule has 0 aromatic carbocycles. The van der Waals surface area contributed by atoms with E-state index in [9.17, 15) is 24.4 Å². The molecule has 2 atom stereocenters. The van der Waals surface area contributed by atoms with Gasteiger partial charge in [0.15, 0.2) is 10.8 Å². The van der Waals surface area contributed by atoms with E-state index in [4.69, 9.17) is 19.9 Å². The summed E-state index contributed by atoms with van der Waals surface area (Å²) < 4.78 is 15.4. The number of anilines is 1. The zero-order valence-electron chi connectivity index (χ0n) is 24.0. The standard InChI is InChI=1S/C28H32N6O8S2/c1-16(2)5-4-10-41-28(38)42-12-11-40-26(37)22-18(8-7-17-6-3-9-30-13-17)14-43-25-21(24(36)34(22)25)32-23(35)20(33-39)19-15-44-27(29)31-19/h3,6-9,13,15-16,21,25,39H,4-5,10-12,14H2,1-2H3,(H2,29,31)(H,32,35)/t21-,25+/m1/s1. The Kier molecular flexibility index (Phi) is 11.3. The second-order valence-electron chi connectivity index (χ2n) is 9.99. The third-order valence-electron chi connectivity index (χ3n) is 6.40. The zero-order valence-corrected chi connectivity index (χ0v) is 25.6. The largest absolute Gasteiger partial charge is 0.508 e. The van der Waals surface area contributed by atoms with Gasteiger partial charge >= 0.3 is 12.1 Å². The Morgan fingerprint density at radius 2 is 2.00 bits per heavy atom. The van der Waals surface area contributed by atoms with Gasteiger partial charge in [0.25, 0.3) is 11.8 Å². The van der Waals surface area contributed by atoms with Gasteiger partial charge in [-0.15, -0.1) is 23.1 Å². The predicted molar refractivity (Wildman–Crippen MR) is 163 cm³/mol. The summed E-state index contributed by atoms with van der Waals surface area (Å²) in [6.45, 7) is 3.87. The monoisotopic (exact) mass is 644 g/mol. The van der Waals surface area contributed by atoms with Crippen LogP contribution in [0.15, 0.2) is 52.4 Å². The van der Waals surface area contributed by atoms with Crippen LogP contribution in [0.5, 0.6) is 0 Å². The lowest BCUT2D eigenvalue weighted by Gasteiger charge is -2.49. The number of esters is 1. The number of nitrogens with two attached hydrogens (primary N) is 1. The number of hydrogen-bond donors (Lipinski definition) is 3. The number of nitrogens with zero attached hydrogens (tertiary/aromatic N) is 4. The molecule has 44 heavy (non-hydrogen) atoms. The van der Waals surface area contributed by atoms with Gasteiger partial charge in [-0.1, -0.05) is 37.2 Å². The SMILES string of the molecule is CC(C)CCCOC(=O)OCCOC(=O)C1=C(C=Cc2cccnc2)CS[C@H]2[C@H](NC(=O)C(=NO)c3csc(N)n3)C(=O)N12. The number of oxime groups is 1. The van der Waals surface area contributed by atoms with Crippen molar-refractivity contribution in [3.63, 3.8) is 0 Å². The Bertz CT molecular complexity index is 1460. The summed E-state index contributed by atoms with van der Waals surface area (Å²) in [6.07, 6.45) is 7.49.